The van der Waals surface area contributed by atoms with Crippen molar-refractivity contribution >= 4 is 23.3 Å². The van der Waals surface area contributed by atoms with Gasteiger partial charge in [-0.2, -0.15) is 0 Å². The molecule has 0 aliphatic heterocycles. The summed E-state index contributed by atoms with van der Waals surface area (Å²) in [5.74, 6) is 0.856. The van der Waals surface area contributed by atoms with Gasteiger partial charge in [-0.05, 0) is 51.3 Å². The van der Waals surface area contributed by atoms with Gasteiger partial charge in [-0.1, -0.05) is 12.8 Å². The summed E-state index contributed by atoms with van der Waals surface area (Å²) in [6, 6.07) is 6.11. The zero-order chi connectivity index (χ0) is 15.0. The number of rotatable bonds is 4. The number of hydrogen-bond acceptors (Lipinski definition) is 3. The molecule has 1 aliphatic rings. The first-order chi connectivity index (χ1) is 10.1. The largest absolute Gasteiger partial charge is 0.497 e. The van der Waals surface area contributed by atoms with Crippen molar-refractivity contribution in [2.24, 2.45) is 0 Å². The van der Waals surface area contributed by atoms with Gasteiger partial charge in [0.15, 0.2) is 4.77 Å². The zero-order valence-corrected chi connectivity index (χ0v) is 13.8. The number of H-pyrrole nitrogens is 1. The van der Waals surface area contributed by atoms with Gasteiger partial charge in [0, 0.05) is 18.2 Å². The molecular formula is C16H23N3OS. The normalized spacial score (nSPS) is 17.7. The number of nitrogens with zero attached hydrogens (tertiary/aromatic N) is 2. The molecule has 2 aromatic rings. The van der Waals surface area contributed by atoms with Crippen molar-refractivity contribution in [1.82, 2.24) is 14.5 Å². The summed E-state index contributed by atoms with van der Waals surface area (Å²) < 4.78 is 8.33. The van der Waals surface area contributed by atoms with Crippen LogP contribution in [0.3, 0.4) is 0 Å². The molecule has 21 heavy (non-hydrogen) atoms. The first-order valence-electron chi connectivity index (χ1n) is 7.50. The zero-order valence-electron chi connectivity index (χ0n) is 13.0. The maximum atomic E-state index is 5.55. The van der Waals surface area contributed by atoms with Gasteiger partial charge < -0.3 is 19.2 Å². The number of aromatic amines is 1. The lowest BCUT2D eigenvalue weighted by Crippen LogP contribution is -2.45. The first-order valence-corrected chi connectivity index (χ1v) is 7.90. The van der Waals surface area contributed by atoms with Crippen LogP contribution in [0, 0.1) is 4.77 Å². The summed E-state index contributed by atoms with van der Waals surface area (Å²) in [5.41, 5.74) is 2.44. The molecule has 0 spiro atoms. The molecule has 4 nitrogen and oxygen atoms in total. The van der Waals surface area contributed by atoms with Crippen molar-refractivity contribution < 1.29 is 4.74 Å². The number of ether oxygens (including phenoxy) is 1. The van der Waals surface area contributed by atoms with E-state index < -0.39 is 0 Å². The smallest absolute Gasteiger partial charge is 0.178 e. The van der Waals surface area contributed by atoms with Gasteiger partial charge >= 0.3 is 0 Å². The maximum absolute atomic E-state index is 5.55. The van der Waals surface area contributed by atoms with Crippen LogP contribution in [0.2, 0.25) is 0 Å². The fourth-order valence-corrected chi connectivity index (χ4v) is 3.77. The standard InChI is InChI=1S/C16H23N3OS/c1-18(2)16(8-4-5-9-16)11-19-14-7-6-12(20-3)10-13(14)17-15(19)21/h6-7,10H,4-5,8-9,11H2,1-3H3,(H,17,21). The van der Waals surface area contributed by atoms with Crippen molar-refractivity contribution in [3.05, 3.63) is 23.0 Å². The summed E-state index contributed by atoms with van der Waals surface area (Å²) in [6.07, 6.45) is 5.10. The molecule has 0 bridgehead atoms. The molecule has 1 N–H and O–H groups in total. The van der Waals surface area contributed by atoms with Crippen molar-refractivity contribution in [3.63, 3.8) is 0 Å². The van der Waals surface area contributed by atoms with E-state index in [1.165, 1.54) is 25.7 Å². The van der Waals surface area contributed by atoms with Crippen LogP contribution in [-0.2, 0) is 6.54 Å². The number of methoxy groups -OCH3 is 1. The molecule has 1 aromatic heterocycles. The second kappa shape index (κ2) is 5.46. The Morgan fingerprint density at radius 3 is 2.67 bits per heavy atom. The van der Waals surface area contributed by atoms with Gasteiger partial charge in [-0.3, -0.25) is 0 Å². The Morgan fingerprint density at radius 2 is 2.05 bits per heavy atom. The molecule has 0 unspecified atom stereocenters. The topological polar surface area (TPSA) is 33.2 Å². The lowest BCUT2D eigenvalue weighted by Gasteiger charge is -2.36. The van der Waals surface area contributed by atoms with Gasteiger partial charge in [0.1, 0.15) is 5.75 Å². The van der Waals surface area contributed by atoms with Gasteiger partial charge in [0.25, 0.3) is 0 Å². The number of imidazole rings is 1. The molecule has 0 atom stereocenters. The van der Waals surface area contributed by atoms with E-state index in [-0.39, 0.29) is 5.54 Å². The fourth-order valence-electron chi connectivity index (χ4n) is 3.50. The van der Waals surface area contributed by atoms with E-state index in [1.54, 1.807) is 7.11 Å². The second-order valence-corrected chi connectivity index (χ2v) is 6.61. The third-order valence-corrected chi connectivity index (χ3v) is 5.24. The number of likely N-dealkylation sites (N-methyl/N-ethyl adjacent to an activating group) is 1. The monoisotopic (exact) mass is 305 g/mol. The Morgan fingerprint density at radius 1 is 1.33 bits per heavy atom. The second-order valence-electron chi connectivity index (χ2n) is 6.23. The Bertz CT molecular complexity index is 695. The highest BCUT2D eigenvalue weighted by Crippen LogP contribution is 2.36. The van der Waals surface area contributed by atoms with Crippen LogP contribution >= 0.6 is 12.2 Å². The average Bonchev–Trinajstić information content (AvgIpc) is 3.05. The van der Waals surface area contributed by atoms with E-state index in [4.69, 9.17) is 17.0 Å². The highest BCUT2D eigenvalue weighted by atomic mass is 32.1. The first kappa shape index (κ1) is 14.6. The molecule has 114 valence electrons. The van der Waals surface area contributed by atoms with Gasteiger partial charge in [-0.25, -0.2) is 0 Å². The molecule has 1 aromatic carbocycles. The van der Waals surface area contributed by atoms with E-state index in [9.17, 15) is 0 Å². The lowest BCUT2D eigenvalue weighted by atomic mass is 9.96. The average molecular weight is 305 g/mol. The third-order valence-electron chi connectivity index (χ3n) is 4.92. The number of benzene rings is 1. The minimum absolute atomic E-state index is 0.229. The number of aromatic nitrogens is 2. The molecule has 1 aliphatic carbocycles. The van der Waals surface area contributed by atoms with E-state index in [0.717, 1.165) is 28.1 Å². The maximum Gasteiger partial charge on any atom is 0.178 e. The fraction of sp³-hybridized carbons (Fsp3) is 0.562. The molecular weight excluding hydrogens is 282 g/mol. The molecule has 0 saturated heterocycles. The Hall–Kier alpha value is -1.33. The molecule has 3 rings (SSSR count). The van der Waals surface area contributed by atoms with Crippen LogP contribution in [0.4, 0.5) is 0 Å². The highest BCUT2D eigenvalue weighted by molar-refractivity contribution is 7.71. The lowest BCUT2D eigenvalue weighted by molar-refractivity contribution is 0.135. The third kappa shape index (κ3) is 2.49. The summed E-state index contributed by atoms with van der Waals surface area (Å²) in [6.45, 7) is 0.950. The summed E-state index contributed by atoms with van der Waals surface area (Å²) in [4.78, 5) is 5.69. The minimum atomic E-state index is 0.229. The molecule has 1 heterocycles. The van der Waals surface area contributed by atoms with E-state index in [0.29, 0.717) is 0 Å². The predicted octanol–water partition coefficient (Wildman–Crippen LogP) is 3.58. The van der Waals surface area contributed by atoms with Crippen LogP contribution in [0.1, 0.15) is 25.7 Å². The molecule has 0 radical (unpaired) electrons. The predicted molar refractivity (Wildman–Crippen MR) is 88.6 cm³/mol. The number of fused-ring (bicyclic) bond motifs is 1. The van der Waals surface area contributed by atoms with Gasteiger partial charge in [-0.15, -0.1) is 0 Å². The van der Waals surface area contributed by atoms with Crippen molar-refractivity contribution in [2.75, 3.05) is 21.2 Å². The van der Waals surface area contributed by atoms with E-state index >= 15 is 0 Å². The van der Waals surface area contributed by atoms with E-state index in [2.05, 4.69) is 34.6 Å². The van der Waals surface area contributed by atoms with Crippen LogP contribution in [0.15, 0.2) is 18.2 Å². The quantitative estimate of drug-likeness (QED) is 0.877. The summed E-state index contributed by atoms with van der Waals surface area (Å²) in [5, 5.41) is 0. The minimum Gasteiger partial charge on any atom is -0.497 e. The molecule has 1 fully saturated rings. The SMILES string of the molecule is COc1ccc2c(c1)[nH]c(=S)n2CC1(N(C)C)CCCC1. The van der Waals surface area contributed by atoms with Gasteiger partial charge in [0.2, 0.25) is 0 Å². The van der Waals surface area contributed by atoms with Crippen molar-refractivity contribution in [2.45, 2.75) is 37.8 Å². The van der Waals surface area contributed by atoms with Gasteiger partial charge in [0.05, 0.1) is 18.1 Å². The summed E-state index contributed by atoms with van der Waals surface area (Å²) in [7, 11) is 6.06. The molecule has 5 heteroatoms. The van der Waals surface area contributed by atoms with Crippen LogP contribution < -0.4 is 4.74 Å². The van der Waals surface area contributed by atoms with Crippen LogP contribution in [-0.4, -0.2) is 41.2 Å². The van der Waals surface area contributed by atoms with Crippen molar-refractivity contribution in [3.8, 4) is 5.75 Å². The Kier molecular flexibility index (Phi) is 3.80. The number of nitrogens with one attached hydrogen (secondary N) is 1. The Labute approximate surface area is 130 Å². The van der Waals surface area contributed by atoms with Crippen LogP contribution in [0.5, 0.6) is 5.75 Å². The highest BCUT2D eigenvalue weighted by Gasteiger charge is 2.36. The summed E-state index contributed by atoms with van der Waals surface area (Å²) >= 11 is 5.55. The molecule has 0 amide bonds. The number of hydrogen-bond donors (Lipinski definition) is 1. The van der Waals surface area contributed by atoms with Crippen molar-refractivity contribution in [1.29, 1.82) is 0 Å². The van der Waals surface area contributed by atoms with Crippen LogP contribution in [0.25, 0.3) is 11.0 Å². The van der Waals surface area contributed by atoms with E-state index in [1.807, 2.05) is 12.1 Å². The molecule has 1 saturated carbocycles. The Balaban J connectivity index is 2.04.